The van der Waals surface area contributed by atoms with E-state index in [1.807, 2.05) is 12.1 Å². The fourth-order valence-corrected chi connectivity index (χ4v) is 1.57. The first kappa shape index (κ1) is 11.8. The normalized spacial score (nSPS) is 24.3. The second-order valence-corrected chi connectivity index (χ2v) is 3.71. The number of methoxy groups -OCH3 is 1. The quantitative estimate of drug-likeness (QED) is 0.588. The van der Waals surface area contributed by atoms with Crippen molar-refractivity contribution in [3.63, 3.8) is 0 Å². The summed E-state index contributed by atoms with van der Waals surface area (Å²) in [6.07, 6.45) is -0.530. The molecule has 92 valence electrons. The molecule has 1 heterocycles. The molecule has 6 nitrogen and oxygen atoms in total. The summed E-state index contributed by atoms with van der Waals surface area (Å²) in [5, 5.41) is 10.5. The van der Waals surface area contributed by atoms with Gasteiger partial charge >= 0.3 is 0 Å². The number of nitrogens with zero attached hydrogens (tertiary/aromatic N) is 1. The zero-order valence-corrected chi connectivity index (χ0v) is 9.37. The average molecular weight is 239 g/mol. The topological polar surface area (TPSA) is 70.8 Å². The minimum Gasteiger partial charge on any atom is -0.497 e. The predicted octanol–water partition coefficient (Wildman–Crippen LogP) is 1.39. The van der Waals surface area contributed by atoms with E-state index in [2.05, 4.69) is 0 Å². The molecular formula is C11H13NO5. The minimum absolute atomic E-state index is 0.0731. The summed E-state index contributed by atoms with van der Waals surface area (Å²) < 4.78 is 15.6. The number of rotatable bonds is 3. The highest BCUT2D eigenvalue weighted by Crippen LogP contribution is 2.25. The van der Waals surface area contributed by atoms with Gasteiger partial charge in [0.2, 0.25) is 0 Å². The van der Waals surface area contributed by atoms with Crippen LogP contribution in [0, 0.1) is 10.1 Å². The zero-order chi connectivity index (χ0) is 12.3. The van der Waals surface area contributed by atoms with Crippen molar-refractivity contribution in [3.8, 4) is 5.75 Å². The van der Waals surface area contributed by atoms with E-state index in [1.165, 1.54) is 0 Å². The van der Waals surface area contributed by atoms with Crippen LogP contribution in [0.4, 0.5) is 0 Å². The summed E-state index contributed by atoms with van der Waals surface area (Å²) >= 11 is 0. The summed E-state index contributed by atoms with van der Waals surface area (Å²) in [5.41, 5.74) is 0.826. The first-order chi connectivity index (χ1) is 8.20. The van der Waals surface area contributed by atoms with E-state index < -0.39 is 12.3 Å². The van der Waals surface area contributed by atoms with Gasteiger partial charge in [-0.3, -0.25) is 10.1 Å². The van der Waals surface area contributed by atoms with Crippen molar-refractivity contribution >= 4 is 0 Å². The molecule has 0 amide bonds. The standard InChI is InChI=1S/C11H13NO5/c1-15-10-4-2-8(3-5-10)11-16-6-9(7-17-11)12(13)14/h2-5,9,11H,6-7H2,1H3. The Bertz CT molecular complexity index is 383. The molecule has 1 aromatic rings. The molecule has 0 bridgehead atoms. The van der Waals surface area contributed by atoms with Crippen LogP contribution in [-0.4, -0.2) is 31.3 Å². The van der Waals surface area contributed by atoms with Gasteiger partial charge < -0.3 is 14.2 Å². The lowest BCUT2D eigenvalue weighted by Crippen LogP contribution is -2.37. The van der Waals surface area contributed by atoms with E-state index in [-0.39, 0.29) is 18.1 Å². The molecule has 0 N–H and O–H groups in total. The Kier molecular flexibility index (Phi) is 3.55. The lowest BCUT2D eigenvalue weighted by Gasteiger charge is -2.25. The molecule has 6 heteroatoms. The van der Waals surface area contributed by atoms with Crippen molar-refractivity contribution in [2.45, 2.75) is 12.3 Å². The van der Waals surface area contributed by atoms with E-state index >= 15 is 0 Å². The highest BCUT2D eigenvalue weighted by Gasteiger charge is 2.30. The Labute approximate surface area is 98.2 Å². The number of nitro groups is 1. The van der Waals surface area contributed by atoms with E-state index in [9.17, 15) is 10.1 Å². The molecule has 0 unspecified atom stereocenters. The molecule has 0 aromatic heterocycles. The Hall–Kier alpha value is -1.66. The van der Waals surface area contributed by atoms with Crippen LogP contribution in [0.2, 0.25) is 0 Å². The second kappa shape index (κ2) is 5.11. The second-order valence-electron chi connectivity index (χ2n) is 3.71. The SMILES string of the molecule is COc1ccc(C2OCC([N+](=O)[O-])CO2)cc1. The molecule has 0 spiro atoms. The maximum Gasteiger partial charge on any atom is 0.259 e. The fraction of sp³-hybridized carbons (Fsp3) is 0.455. The largest absolute Gasteiger partial charge is 0.497 e. The Morgan fingerprint density at radius 2 is 1.88 bits per heavy atom. The summed E-state index contributed by atoms with van der Waals surface area (Å²) in [6.45, 7) is 0.146. The third-order valence-corrected chi connectivity index (χ3v) is 2.57. The van der Waals surface area contributed by atoms with Crippen LogP contribution in [0.3, 0.4) is 0 Å². The monoisotopic (exact) mass is 239 g/mol. The molecule has 17 heavy (non-hydrogen) atoms. The fourth-order valence-electron chi connectivity index (χ4n) is 1.57. The Morgan fingerprint density at radius 3 is 2.35 bits per heavy atom. The van der Waals surface area contributed by atoms with E-state index in [0.29, 0.717) is 0 Å². The highest BCUT2D eigenvalue weighted by molar-refractivity contribution is 5.27. The van der Waals surface area contributed by atoms with Crippen LogP contribution in [0.1, 0.15) is 11.9 Å². The lowest BCUT2D eigenvalue weighted by molar-refractivity contribution is -0.544. The van der Waals surface area contributed by atoms with Crippen molar-refractivity contribution in [1.82, 2.24) is 0 Å². The zero-order valence-electron chi connectivity index (χ0n) is 9.37. The highest BCUT2D eigenvalue weighted by atomic mass is 16.7. The first-order valence-electron chi connectivity index (χ1n) is 5.21. The maximum absolute atomic E-state index is 10.5. The smallest absolute Gasteiger partial charge is 0.259 e. The van der Waals surface area contributed by atoms with Crippen LogP contribution in [0.15, 0.2) is 24.3 Å². The van der Waals surface area contributed by atoms with Gasteiger partial charge in [0.15, 0.2) is 6.29 Å². The number of benzene rings is 1. The maximum atomic E-state index is 10.5. The summed E-state index contributed by atoms with van der Waals surface area (Å²) in [7, 11) is 1.59. The molecular weight excluding hydrogens is 226 g/mol. The number of ether oxygens (including phenoxy) is 3. The van der Waals surface area contributed by atoms with Gasteiger partial charge in [-0.1, -0.05) is 12.1 Å². The Morgan fingerprint density at radius 1 is 1.29 bits per heavy atom. The molecule has 0 atom stereocenters. The van der Waals surface area contributed by atoms with Gasteiger partial charge in [0.05, 0.1) is 7.11 Å². The van der Waals surface area contributed by atoms with Crippen LogP contribution < -0.4 is 4.74 Å². The molecule has 1 saturated heterocycles. The van der Waals surface area contributed by atoms with Crippen molar-refractivity contribution in [2.75, 3.05) is 20.3 Å². The third kappa shape index (κ3) is 2.72. The van der Waals surface area contributed by atoms with Crippen molar-refractivity contribution in [3.05, 3.63) is 39.9 Å². The molecule has 2 rings (SSSR count). The van der Waals surface area contributed by atoms with E-state index in [0.717, 1.165) is 11.3 Å². The third-order valence-electron chi connectivity index (χ3n) is 2.57. The van der Waals surface area contributed by atoms with Gasteiger partial charge in [0, 0.05) is 10.5 Å². The first-order valence-corrected chi connectivity index (χ1v) is 5.21. The average Bonchev–Trinajstić information content (AvgIpc) is 2.39. The van der Waals surface area contributed by atoms with Gasteiger partial charge in [-0.25, -0.2) is 0 Å². The Balaban J connectivity index is 1.97. The molecule has 0 aliphatic carbocycles. The number of hydrogen-bond acceptors (Lipinski definition) is 5. The van der Waals surface area contributed by atoms with Crippen molar-refractivity contribution in [2.24, 2.45) is 0 Å². The summed E-state index contributed by atoms with van der Waals surface area (Å²) in [6, 6.07) is 6.44. The minimum atomic E-state index is -0.774. The summed E-state index contributed by atoms with van der Waals surface area (Å²) in [4.78, 5) is 10.1. The molecule has 1 fully saturated rings. The van der Waals surface area contributed by atoms with Gasteiger partial charge in [-0.15, -0.1) is 0 Å². The molecule has 0 radical (unpaired) electrons. The number of hydrogen-bond donors (Lipinski definition) is 0. The van der Waals surface area contributed by atoms with Gasteiger partial charge in [-0.05, 0) is 12.1 Å². The van der Waals surface area contributed by atoms with Gasteiger partial charge in [-0.2, -0.15) is 0 Å². The van der Waals surface area contributed by atoms with Crippen LogP contribution in [0.25, 0.3) is 0 Å². The van der Waals surface area contributed by atoms with Crippen molar-refractivity contribution < 1.29 is 19.1 Å². The van der Waals surface area contributed by atoms with Crippen molar-refractivity contribution in [1.29, 1.82) is 0 Å². The van der Waals surface area contributed by atoms with Crippen LogP contribution in [0.5, 0.6) is 5.75 Å². The molecule has 1 aromatic carbocycles. The molecule has 1 aliphatic heterocycles. The molecule has 1 aliphatic rings. The molecule has 0 saturated carbocycles. The summed E-state index contributed by atoms with van der Waals surface area (Å²) in [5.74, 6) is 0.743. The van der Waals surface area contributed by atoms with Gasteiger partial charge in [0.25, 0.3) is 6.04 Å². The van der Waals surface area contributed by atoms with E-state index in [4.69, 9.17) is 14.2 Å². The van der Waals surface area contributed by atoms with E-state index in [1.54, 1.807) is 19.2 Å². The van der Waals surface area contributed by atoms with Gasteiger partial charge in [0.1, 0.15) is 19.0 Å². The van der Waals surface area contributed by atoms with Crippen LogP contribution >= 0.6 is 0 Å². The van der Waals surface area contributed by atoms with Crippen LogP contribution in [-0.2, 0) is 9.47 Å². The lowest BCUT2D eigenvalue weighted by atomic mass is 10.2. The predicted molar refractivity (Wildman–Crippen MR) is 58.4 cm³/mol.